The fraction of sp³-hybridized carbons (Fsp3) is 0.462. The predicted molar refractivity (Wildman–Crippen MR) is 66.7 cm³/mol. The van der Waals surface area contributed by atoms with Crippen LogP contribution in [0.15, 0.2) is 24.3 Å². The van der Waals surface area contributed by atoms with Crippen molar-refractivity contribution in [3.63, 3.8) is 0 Å². The van der Waals surface area contributed by atoms with Crippen LogP contribution >= 0.6 is 11.8 Å². The summed E-state index contributed by atoms with van der Waals surface area (Å²) in [6.07, 6.45) is 3.19. The molecule has 1 unspecified atom stereocenters. The Bertz CT molecular complexity index is 380. The van der Waals surface area contributed by atoms with Gasteiger partial charge in [0.2, 0.25) is 0 Å². The number of hydrogen-bond acceptors (Lipinski definition) is 3. The molecule has 1 atom stereocenters. The Kier molecular flexibility index (Phi) is 4.12. The lowest BCUT2D eigenvalue weighted by Crippen LogP contribution is -2.23. The van der Waals surface area contributed by atoms with Crippen molar-refractivity contribution in [2.75, 3.05) is 11.5 Å². The average Bonchev–Trinajstić information content (AvgIpc) is 2.31. The van der Waals surface area contributed by atoms with Gasteiger partial charge in [0.1, 0.15) is 11.9 Å². The fourth-order valence-corrected chi connectivity index (χ4v) is 2.85. The molecule has 0 saturated carbocycles. The number of nitrogens with zero attached hydrogens (tertiary/aromatic N) is 1. The first-order chi connectivity index (χ1) is 7.88. The van der Waals surface area contributed by atoms with E-state index in [2.05, 4.69) is 6.07 Å². The number of hydrogen-bond donors (Lipinski definition) is 0. The van der Waals surface area contributed by atoms with Gasteiger partial charge >= 0.3 is 0 Å². The van der Waals surface area contributed by atoms with Crippen molar-refractivity contribution >= 4 is 11.8 Å². The van der Waals surface area contributed by atoms with Crippen LogP contribution in [0.2, 0.25) is 0 Å². The van der Waals surface area contributed by atoms with E-state index in [1.807, 2.05) is 36.0 Å². The molecule has 2 rings (SSSR count). The second-order valence-corrected chi connectivity index (χ2v) is 5.09. The molecule has 1 aliphatic heterocycles. The Morgan fingerprint density at radius 2 is 2.44 bits per heavy atom. The largest absolute Gasteiger partial charge is 0.490 e. The van der Waals surface area contributed by atoms with Crippen molar-refractivity contribution < 1.29 is 4.74 Å². The summed E-state index contributed by atoms with van der Waals surface area (Å²) in [6, 6.07) is 10.0. The summed E-state index contributed by atoms with van der Waals surface area (Å²) in [6.45, 7) is 0. The van der Waals surface area contributed by atoms with Crippen LogP contribution in [0.5, 0.6) is 5.75 Å². The fourth-order valence-electron chi connectivity index (χ4n) is 1.82. The maximum Gasteiger partial charge on any atom is 0.120 e. The number of ether oxygens (including phenoxy) is 1. The second-order valence-electron chi connectivity index (χ2n) is 3.94. The molecule has 0 N–H and O–H groups in total. The van der Waals surface area contributed by atoms with Crippen molar-refractivity contribution in [3.8, 4) is 11.8 Å². The van der Waals surface area contributed by atoms with Gasteiger partial charge in [-0.25, -0.2) is 0 Å². The smallest absolute Gasteiger partial charge is 0.120 e. The molecule has 1 aromatic carbocycles. The van der Waals surface area contributed by atoms with E-state index in [4.69, 9.17) is 10.00 Å². The van der Waals surface area contributed by atoms with Crippen LogP contribution in [0.25, 0.3) is 0 Å². The molecule has 0 amide bonds. The summed E-state index contributed by atoms with van der Waals surface area (Å²) >= 11 is 1.96. The van der Waals surface area contributed by atoms with Gasteiger partial charge < -0.3 is 4.74 Å². The van der Waals surface area contributed by atoms with Crippen molar-refractivity contribution in [3.05, 3.63) is 29.8 Å². The molecule has 0 bridgehead atoms. The maximum atomic E-state index is 8.64. The van der Waals surface area contributed by atoms with E-state index in [1.54, 1.807) is 0 Å². The molecule has 3 heteroatoms. The quantitative estimate of drug-likeness (QED) is 0.804. The Balaban J connectivity index is 1.97. The minimum atomic E-state index is 0.344. The number of nitriles is 1. The van der Waals surface area contributed by atoms with Crippen LogP contribution in [0.1, 0.15) is 18.4 Å². The number of benzene rings is 1. The molecule has 16 heavy (non-hydrogen) atoms. The third kappa shape index (κ3) is 3.18. The molecular weight excluding hydrogens is 218 g/mol. The van der Waals surface area contributed by atoms with Gasteiger partial charge in [0.15, 0.2) is 0 Å². The first-order valence-corrected chi connectivity index (χ1v) is 6.74. The van der Waals surface area contributed by atoms with Crippen molar-refractivity contribution in [2.45, 2.75) is 25.4 Å². The van der Waals surface area contributed by atoms with Crippen molar-refractivity contribution in [1.82, 2.24) is 0 Å². The lowest BCUT2D eigenvalue weighted by molar-refractivity contribution is 0.211. The molecule has 0 aromatic heterocycles. The van der Waals surface area contributed by atoms with Crippen molar-refractivity contribution in [1.29, 1.82) is 5.26 Å². The highest BCUT2D eigenvalue weighted by Gasteiger charge is 2.15. The normalized spacial score (nSPS) is 20.1. The van der Waals surface area contributed by atoms with Crippen LogP contribution in [-0.2, 0) is 6.42 Å². The number of thioether (sulfide) groups is 1. The third-order valence-corrected chi connectivity index (χ3v) is 3.79. The molecule has 1 heterocycles. The molecule has 0 radical (unpaired) electrons. The second kappa shape index (κ2) is 5.81. The van der Waals surface area contributed by atoms with E-state index in [0.29, 0.717) is 12.5 Å². The molecule has 1 saturated heterocycles. The minimum absolute atomic E-state index is 0.344. The lowest BCUT2D eigenvalue weighted by atomic mass is 10.1. The highest BCUT2D eigenvalue weighted by Crippen LogP contribution is 2.23. The molecule has 1 aliphatic rings. The Morgan fingerprint density at radius 1 is 1.50 bits per heavy atom. The van der Waals surface area contributed by atoms with Crippen LogP contribution in [0, 0.1) is 11.3 Å². The highest BCUT2D eigenvalue weighted by atomic mass is 32.2. The molecule has 1 fully saturated rings. The van der Waals surface area contributed by atoms with E-state index < -0.39 is 0 Å². The SMILES string of the molecule is N#CCc1cccc(OC2CCCSC2)c1. The van der Waals surface area contributed by atoms with E-state index in [9.17, 15) is 0 Å². The molecule has 0 spiro atoms. The molecule has 1 aromatic rings. The van der Waals surface area contributed by atoms with Gasteiger partial charge in [-0.1, -0.05) is 12.1 Å². The first-order valence-electron chi connectivity index (χ1n) is 5.59. The summed E-state index contributed by atoms with van der Waals surface area (Å²) in [5, 5.41) is 8.64. The standard InChI is InChI=1S/C13H15NOS/c14-7-6-11-3-1-4-12(9-11)15-13-5-2-8-16-10-13/h1,3-4,9,13H,2,5-6,8,10H2. The summed E-state index contributed by atoms with van der Waals surface area (Å²) in [5.41, 5.74) is 1.03. The van der Waals surface area contributed by atoms with E-state index in [0.717, 1.165) is 23.5 Å². The first kappa shape index (κ1) is 11.3. The van der Waals surface area contributed by atoms with E-state index >= 15 is 0 Å². The minimum Gasteiger partial charge on any atom is -0.490 e. The molecule has 84 valence electrons. The number of rotatable bonds is 3. The zero-order chi connectivity index (χ0) is 11.2. The predicted octanol–water partition coefficient (Wildman–Crippen LogP) is 3.03. The molecular formula is C13H15NOS. The lowest BCUT2D eigenvalue weighted by Gasteiger charge is -2.22. The van der Waals surface area contributed by atoms with Gasteiger partial charge in [0.25, 0.3) is 0 Å². The Labute approximate surface area is 101 Å². The third-order valence-electron chi connectivity index (χ3n) is 2.60. The van der Waals surface area contributed by atoms with Gasteiger partial charge in [-0.15, -0.1) is 0 Å². The van der Waals surface area contributed by atoms with Gasteiger partial charge in [-0.05, 0) is 36.3 Å². The topological polar surface area (TPSA) is 33.0 Å². The highest BCUT2D eigenvalue weighted by molar-refractivity contribution is 7.99. The average molecular weight is 233 g/mol. The monoisotopic (exact) mass is 233 g/mol. The summed E-state index contributed by atoms with van der Waals surface area (Å²) in [7, 11) is 0. The summed E-state index contributed by atoms with van der Waals surface area (Å²) in [5.74, 6) is 3.25. The zero-order valence-electron chi connectivity index (χ0n) is 9.19. The van der Waals surface area contributed by atoms with Crippen LogP contribution in [0.4, 0.5) is 0 Å². The van der Waals surface area contributed by atoms with Crippen LogP contribution < -0.4 is 4.74 Å². The van der Waals surface area contributed by atoms with Crippen LogP contribution in [0.3, 0.4) is 0 Å². The molecule has 0 aliphatic carbocycles. The maximum absolute atomic E-state index is 8.64. The molecule has 2 nitrogen and oxygen atoms in total. The van der Waals surface area contributed by atoms with Gasteiger partial charge in [-0.3, -0.25) is 0 Å². The van der Waals surface area contributed by atoms with Crippen LogP contribution in [-0.4, -0.2) is 17.6 Å². The van der Waals surface area contributed by atoms with Gasteiger partial charge in [0, 0.05) is 5.75 Å². The van der Waals surface area contributed by atoms with E-state index in [-0.39, 0.29) is 0 Å². The summed E-state index contributed by atoms with van der Waals surface area (Å²) < 4.78 is 5.91. The Hall–Kier alpha value is -1.14. The zero-order valence-corrected chi connectivity index (χ0v) is 10.0. The van der Waals surface area contributed by atoms with Crippen molar-refractivity contribution in [2.24, 2.45) is 0 Å². The summed E-state index contributed by atoms with van der Waals surface area (Å²) in [4.78, 5) is 0. The van der Waals surface area contributed by atoms with Gasteiger partial charge in [-0.2, -0.15) is 17.0 Å². The Morgan fingerprint density at radius 3 is 3.19 bits per heavy atom. The van der Waals surface area contributed by atoms with E-state index in [1.165, 1.54) is 12.2 Å². The van der Waals surface area contributed by atoms with Gasteiger partial charge in [0.05, 0.1) is 12.5 Å².